The minimum Gasteiger partial charge on any atom is -0.493 e. The summed E-state index contributed by atoms with van der Waals surface area (Å²) in [6.07, 6.45) is -0.278. The van der Waals surface area contributed by atoms with Crippen LogP contribution in [0.15, 0.2) is 24.3 Å². The van der Waals surface area contributed by atoms with Gasteiger partial charge in [-0.1, -0.05) is 0 Å². The van der Waals surface area contributed by atoms with E-state index in [0.717, 1.165) is 0 Å². The Morgan fingerprint density at radius 3 is 2.81 bits per heavy atom. The molecule has 11 heteroatoms. The number of methoxy groups -OCH3 is 2. The SMILES string of the molecule is COc1ccnc(CS(=O)n2cnc3c2CCC2=C3OC(F)(F)O2)c1OC. The van der Waals surface area contributed by atoms with E-state index in [9.17, 15) is 13.0 Å². The predicted octanol–water partition coefficient (Wildman–Crippen LogP) is 2.22. The second-order valence-corrected chi connectivity index (χ2v) is 7.07. The van der Waals surface area contributed by atoms with Gasteiger partial charge in [0.15, 0.2) is 23.0 Å². The Bertz CT molecular complexity index is 960. The van der Waals surface area contributed by atoms with Crippen LogP contribution >= 0.6 is 0 Å². The molecule has 3 heterocycles. The van der Waals surface area contributed by atoms with E-state index in [4.69, 9.17) is 9.47 Å². The Labute approximate surface area is 155 Å². The van der Waals surface area contributed by atoms with Gasteiger partial charge < -0.3 is 18.9 Å². The first kappa shape index (κ1) is 17.7. The van der Waals surface area contributed by atoms with Gasteiger partial charge in [-0.15, -0.1) is 8.78 Å². The number of rotatable bonds is 5. The summed E-state index contributed by atoms with van der Waals surface area (Å²) in [5, 5.41) is 0. The standard InChI is InChI=1S/C16H15F2N3O5S/c1-23-11-5-6-19-9(14(11)24-2)7-27(22)21-8-20-13-10(21)3-4-12-15(13)26-16(17,18)25-12/h5-6,8H,3-4,7H2,1-2H3. The number of hydrogen-bond acceptors (Lipinski definition) is 7. The molecule has 144 valence electrons. The average molecular weight is 399 g/mol. The lowest BCUT2D eigenvalue weighted by atomic mass is 10.1. The molecule has 0 fully saturated rings. The molecule has 0 amide bonds. The lowest BCUT2D eigenvalue weighted by molar-refractivity contribution is -0.330. The van der Waals surface area contributed by atoms with Crippen LogP contribution < -0.4 is 9.47 Å². The molecule has 0 aromatic carbocycles. The van der Waals surface area contributed by atoms with E-state index in [1.807, 2.05) is 0 Å². The van der Waals surface area contributed by atoms with Crippen molar-refractivity contribution in [1.29, 1.82) is 0 Å². The van der Waals surface area contributed by atoms with E-state index >= 15 is 0 Å². The number of pyridine rings is 1. The van der Waals surface area contributed by atoms with Crippen LogP contribution in [0.25, 0.3) is 5.76 Å². The molecule has 1 atom stereocenters. The van der Waals surface area contributed by atoms with Crippen molar-refractivity contribution >= 4 is 16.7 Å². The number of alkyl halides is 2. The fraction of sp³-hybridized carbons (Fsp3) is 0.375. The zero-order valence-electron chi connectivity index (χ0n) is 14.4. The summed E-state index contributed by atoms with van der Waals surface area (Å²) >= 11 is 0. The molecule has 0 N–H and O–H groups in total. The molecule has 1 aliphatic heterocycles. The summed E-state index contributed by atoms with van der Waals surface area (Å²) in [6, 6.07) is 1.63. The third-order valence-electron chi connectivity index (χ3n) is 4.20. The molecule has 8 nitrogen and oxygen atoms in total. The Balaban J connectivity index is 1.63. The lowest BCUT2D eigenvalue weighted by Crippen LogP contribution is -2.16. The monoisotopic (exact) mass is 399 g/mol. The van der Waals surface area contributed by atoms with Crippen LogP contribution in [0.3, 0.4) is 0 Å². The smallest absolute Gasteiger partial charge is 0.493 e. The number of ether oxygens (including phenoxy) is 4. The van der Waals surface area contributed by atoms with E-state index in [2.05, 4.69) is 19.4 Å². The molecule has 1 unspecified atom stereocenters. The minimum absolute atomic E-state index is 0.0304. The number of fused-ring (bicyclic) bond motifs is 2. The number of aromatic nitrogens is 3. The fourth-order valence-corrected chi connectivity index (χ4v) is 4.21. The van der Waals surface area contributed by atoms with Crippen LogP contribution in [0.1, 0.15) is 23.5 Å². The molecular formula is C16H15F2N3O5S. The summed E-state index contributed by atoms with van der Waals surface area (Å²) in [5.41, 5.74) is 1.20. The highest BCUT2D eigenvalue weighted by molar-refractivity contribution is 7.82. The maximum absolute atomic E-state index is 13.3. The van der Waals surface area contributed by atoms with Crippen molar-refractivity contribution in [3.05, 3.63) is 41.4 Å². The van der Waals surface area contributed by atoms with Crippen molar-refractivity contribution in [2.45, 2.75) is 24.9 Å². The summed E-state index contributed by atoms with van der Waals surface area (Å²) in [7, 11) is 1.37. The summed E-state index contributed by atoms with van der Waals surface area (Å²) < 4.78 is 60.6. The van der Waals surface area contributed by atoms with Gasteiger partial charge in [-0.2, -0.15) is 0 Å². The molecule has 0 saturated heterocycles. The molecular weight excluding hydrogens is 384 g/mol. The van der Waals surface area contributed by atoms with Crippen molar-refractivity contribution in [2.24, 2.45) is 0 Å². The van der Waals surface area contributed by atoms with Gasteiger partial charge in [-0.3, -0.25) is 8.96 Å². The van der Waals surface area contributed by atoms with Crippen LogP contribution in [-0.2, 0) is 32.6 Å². The molecule has 0 bridgehead atoms. The van der Waals surface area contributed by atoms with Crippen LogP contribution in [-0.4, -0.2) is 38.7 Å². The number of nitrogens with zero attached hydrogens (tertiary/aromatic N) is 3. The van der Waals surface area contributed by atoms with Gasteiger partial charge in [0, 0.05) is 18.7 Å². The molecule has 2 aromatic heterocycles. The molecule has 2 aliphatic rings. The fourth-order valence-electron chi connectivity index (χ4n) is 3.06. The van der Waals surface area contributed by atoms with Crippen molar-refractivity contribution in [3.63, 3.8) is 0 Å². The molecule has 2 aromatic rings. The highest BCUT2D eigenvalue weighted by atomic mass is 32.2. The Kier molecular flexibility index (Phi) is 4.25. The van der Waals surface area contributed by atoms with Gasteiger partial charge >= 0.3 is 6.29 Å². The maximum Gasteiger partial charge on any atom is 0.586 e. The number of allylic oxidation sites excluding steroid dienone is 1. The van der Waals surface area contributed by atoms with E-state index in [0.29, 0.717) is 29.3 Å². The van der Waals surface area contributed by atoms with Crippen molar-refractivity contribution in [3.8, 4) is 11.5 Å². The van der Waals surface area contributed by atoms with Gasteiger partial charge in [-0.25, -0.2) is 9.19 Å². The van der Waals surface area contributed by atoms with Crippen molar-refractivity contribution < 1.29 is 31.9 Å². The Hall–Kier alpha value is -2.69. The van der Waals surface area contributed by atoms with Gasteiger partial charge in [-0.05, 0) is 6.42 Å². The van der Waals surface area contributed by atoms with Crippen LogP contribution in [0.5, 0.6) is 11.5 Å². The summed E-state index contributed by atoms with van der Waals surface area (Å²) in [6.45, 7) is 0. The topological polar surface area (TPSA) is 84.7 Å². The van der Waals surface area contributed by atoms with Crippen molar-refractivity contribution in [1.82, 2.24) is 13.9 Å². The Morgan fingerprint density at radius 1 is 1.26 bits per heavy atom. The second kappa shape index (κ2) is 6.48. The normalized spacial score (nSPS) is 18.2. The van der Waals surface area contributed by atoms with E-state index in [-0.39, 0.29) is 29.4 Å². The summed E-state index contributed by atoms with van der Waals surface area (Å²) in [5.74, 6) is 0.844. The van der Waals surface area contributed by atoms with E-state index in [1.165, 1.54) is 30.7 Å². The van der Waals surface area contributed by atoms with Crippen LogP contribution in [0, 0.1) is 0 Å². The number of halogens is 2. The molecule has 1 aliphatic carbocycles. The number of hydrogen-bond donors (Lipinski definition) is 0. The molecule has 4 rings (SSSR count). The first-order valence-electron chi connectivity index (χ1n) is 7.94. The molecule has 27 heavy (non-hydrogen) atoms. The zero-order chi connectivity index (χ0) is 19.2. The summed E-state index contributed by atoms with van der Waals surface area (Å²) in [4.78, 5) is 8.31. The third-order valence-corrected chi connectivity index (χ3v) is 5.47. The van der Waals surface area contributed by atoms with Gasteiger partial charge in [0.25, 0.3) is 0 Å². The highest BCUT2D eigenvalue weighted by Gasteiger charge is 2.48. The molecule has 0 radical (unpaired) electrons. The van der Waals surface area contributed by atoms with Crippen LogP contribution in [0.4, 0.5) is 8.78 Å². The zero-order valence-corrected chi connectivity index (χ0v) is 15.2. The van der Waals surface area contributed by atoms with Gasteiger partial charge in [0.05, 0.1) is 25.7 Å². The highest BCUT2D eigenvalue weighted by Crippen LogP contribution is 2.44. The van der Waals surface area contributed by atoms with Gasteiger partial charge in [0.2, 0.25) is 0 Å². The first-order chi connectivity index (χ1) is 12.9. The Morgan fingerprint density at radius 2 is 2.07 bits per heavy atom. The third kappa shape index (κ3) is 3.01. The minimum atomic E-state index is -3.70. The maximum atomic E-state index is 13.3. The second-order valence-electron chi connectivity index (χ2n) is 5.74. The largest absolute Gasteiger partial charge is 0.586 e. The molecule has 0 spiro atoms. The quantitative estimate of drug-likeness (QED) is 0.762. The van der Waals surface area contributed by atoms with Crippen LogP contribution in [0.2, 0.25) is 0 Å². The van der Waals surface area contributed by atoms with Gasteiger partial charge in [0.1, 0.15) is 28.7 Å². The average Bonchev–Trinajstić information content (AvgIpc) is 3.20. The first-order valence-corrected chi connectivity index (χ1v) is 9.21. The van der Waals surface area contributed by atoms with Crippen molar-refractivity contribution in [2.75, 3.05) is 14.2 Å². The number of imidazole rings is 1. The predicted molar refractivity (Wildman–Crippen MR) is 89.2 cm³/mol. The van der Waals surface area contributed by atoms with E-state index < -0.39 is 17.3 Å². The lowest BCUT2D eigenvalue weighted by Gasteiger charge is -2.14. The molecule has 0 saturated carbocycles. The van der Waals surface area contributed by atoms with E-state index in [1.54, 1.807) is 6.07 Å².